The Hall–Kier alpha value is -1.94. The van der Waals surface area contributed by atoms with Crippen molar-refractivity contribution in [2.75, 3.05) is 5.32 Å². The molecule has 3 nitrogen and oxygen atoms in total. The Morgan fingerprint density at radius 1 is 1.25 bits per heavy atom. The Bertz CT molecular complexity index is 677. The maximum atomic E-state index is 13.0. The number of amides is 1. The van der Waals surface area contributed by atoms with Crippen LogP contribution in [0.3, 0.4) is 0 Å². The third-order valence-corrected chi connectivity index (χ3v) is 3.56. The van der Waals surface area contributed by atoms with E-state index in [9.17, 15) is 9.18 Å². The second kappa shape index (κ2) is 6.48. The fraction of sp³-hybridized carbons (Fsp3) is 0.0667. The topological polar surface area (TPSA) is 52.9 Å². The molecular weight excluding hydrogens is 370 g/mol. The van der Waals surface area contributed by atoms with Gasteiger partial charge in [0.05, 0.1) is 18.1 Å². The fourth-order valence-electron chi connectivity index (χ4n) is 1.67. The van der Waals surface area contributed by atoms with Crippen molar-refractivity contribution in [2.45, 2.75) is 6.42 Å². The third-order valence-electron chi connectivity index (χ3n) is 2.67. The van der Waals surface area contributed by atoms with Crippen LogP contribution in [0.5, 0.6) is 0 Å². The second-order valence-corrected chi connectivity index (χ2v) is 5.27. The molecule has 0 aliphatic rings. The van der Waals surface area contributed by atoms with Gasteiger partial charge in [-0.1, -0.05) is 12.1 Å². The first-order chi connectivity index (χ1) is 9.60. The summed E-state index contributed by atoms with van der Waals surface area (Å²) in [5, 5.41) is 11.3. The van der Waals surface area contributed by atoms with Crippen LogP contribution in [0, 0.1) is 20.7 Å². The van der Waals surface area contributed by atoms with E-state index in [1.54, 1.807) is 24.3 Å². The molecule has 20 heavy (non-hydrogen) atoms. The molecule has 100 valence electrons. The average molecular weight is 380 g/mol. The van der Waals surface area contributed by atoms with Crippen LogP contribution in [0.2, 0.25) is 0 Å². The van der Waals surface area contributed by atoms with Crippen LogP contribution in [-0.2, 0) is 6.42 Å². The standard InChI is InChI=1S/C15H10FIN2O/c16-11-3-6-13(14(17)9-11)15(20)19-12-4-1-10(2-5-12)7-8-18/h1-6,9H,7H2,(H,19,20). The highest BCUT2D eigenvalue weighted by molar-refractivity contribution is 14.1. The van der Waals surface area contributed by atoms with Crippen LogP contribution in [-0.4, -0.2) is 5.91 Å². The third kappa shape index (κ3) is 3.54. The van der Waals surface area contributed by atoms with Crippen LogP contribution in [0.25, 0.3) is 0 Å². The predicted molar refractivity (Wildman–Crippen MR) is 82.8 cm³/mol. The lowest BCUT2D eigenvalue weighted by atomic mass is 10.1. The number of nitriles is 1. The van der Waals surface area contributed by atoms with Crippen molar-refractivity contribution in [2.24, 2.45) is 0 Å². The van der Waals surface area contributed by atoms with Gasteiger partial charge in [-0.25, -0.2) is 4.39 Å². The molecule has 0 atom stereocenters. The molecule has 0 spiro atoms. The molecule has 0 saturated carbocycles. The van der Waals surface area contributed by atoms with Gasteiger partial charge in [-0.3, -0.25) is 4.79 Å². The Kier molecular flexibility index (Phi) is 4.69. The van der Waals surface area contributed by atoms with E-state index in [1.165, 1.54) is 18.2 Å². The van der Waals surface area contributed by atoms with Gasteiger partial charge in [0, 0.05) is 9.26 Å². The van der Waals surface area contributed by atoms with E-state index in [0.29, 0.717) is 21.2 Å². The molecule has 0 bridgehead atoms. The van der Waals surface area contributed by atoms with E-state index in [-0.39, 0.29) is 11.7 Å². The number of nitrogens with zero attached hydrogens (tertiary/aromatic N) is 1. The zero-order valence-electron chi connectivity index (χ0n) is 10.4. The Morgan fingerprint density at radius 3 is 2.55 bits per heavy atom. The first kappa shape index (κ1) is 14.5. The van der Waals surface area contributed by atoms with Crippen molar-refractivity contribution in [1.29, 1.82) is 5.26 Å². The molecule has 2 rings (SSSR count). The molecule has 2 aromatic rings. The summed E-state index contributed by atoms with van der Waals surface area (Å²) >= 11 is 1.92. The SMILES string of the molecule is N#CCc1ccc(NC(=O)c2ccc(F)cc2I)cc1. The van der Waals surface area contributed by atoms with Gasteiger partial charge in [-0.2, -0.15) is 5.26 Å². The molecule has 0 aromatic heterocycles. The van der Waals surface area contributed by atoms with Crippen LogP contribution in [0.1, 0.15) is 15.9 Å². The summed E-state index contributed by atoms with van der Waals surface area (Å²) < 4.78 is 13.5. The normalized spacial score (nSPS) is 9.85. The summed E-state index contributed by atoms with van der Waals surface area (Å²) in [4.78, 5) is 12.1. The lowest BCUT2D eigenvalue weighted by Gasteiger charge is -2.07. The van der Waals surface area contributed by atoms with Gasteiger partial charge in [0.2, 0.25) is 0 Å². The minimum absolute atomic E-state index is 0.289. The zero-order chi connectivity index (χ0) is 14.5. The molecule has 0 heterocycles. The van der Waals surface area contributed by atoms with Crippen LogP contribution >= 0.6 is 22.6 Å². The molecule has 2 aromatic carbocycles. The van der Waals surface area contributed by atoms with Crippen molar-refractivity contribution in [3.63, 3.8) is 0 Å². The van der Waals surface area contributed by atoms with Gasteiger partial charge in [0.15, 0.2) is 0 Å². The zero-order valence-corrected chi connectivity index (χ0v) is 12.5. The number of benzene rings is 2. The molecule has 0 unspecified atom stereocenters. The van der Waals surface area contributed by atoms with E-state index in [1.807, 2.05) is 22.6 Å². The van der Waals surface area contributed by atoms with E-state index >= 15 is 0 Å². The first-order valence-electron chi connectivity index (χ1n) is 5.82. The number of hydrogen-bond donors (Lipinski definition) is 1. The minimum Gasteiger partial charge on any atom is -0.322 e. The average Bonchev–Trinajstić information content (AvgIpc) is 2.41. The quantitative estimate of drug-likeness (QED) is 0.825. The Morgan fingerprint density at radius 2 is 1.95 bits per heavy atom. The molecule has 0 saturated heterocycles. The molecule has 1 amide bonds. The number of carbonyl (C=O) groups excluding carboxylic acids is 1. The fourth-order valence-corrected chi connectivity index (χ4v) is 2.39. The molecule has 5 heteroatoms. The van der Waals surface area contributed by atoms with Crippen molar-refractivity contribution in [1.82, 2.24) is 0 Å². The summed E-state index contributed by atoms with van der Waals surface area (Å²) in [6.45, 7) is 0. The minimum atomic E-state index is -0.369. The highest BCUT2D eigenvalue weighted by Crippen LogP contribution is 2.17. The summed E-state index contributed by atoms with van der Waals surface area (Å²) in [7, 11) is 0. The summed E-state index contributed by atoms with van der Waals surface area (Å²) in [6.07, 6.45) is 0.337. The number of rotatable bonds is 3. The molecule has 0 fully saturated rings. The van der Waals surface area contributed by atoms with Gasteiger partial charge in [-0.05, 0) is 58.5 Å². The molecule has 0 radical (unpaired) electrons. The highest BCUT2D eigenvalue weighted by Gasteiger charge is 2.10. The molecule has 0 aliphatic heterocycles. The largest absolute Gasteiger partial charge is 0.322 e. The monoisotopic (exact) mass is 380 g/mol. The van der Waals surface area contributed by atoms with Crippen molar-refractivity contribution < 1.29 is 9.18 Å². The maximum Gasteiger partial charge on any atom is 0.256 e. The summed E-state index contributed by atoms with van der Waals surface area (Å²) in [5.41, 5.74) is 1.95. The second-order valence-electron chi connectivity index (χ2n) is 4.11. The van der Waals surface area contributed by atoms with E-state index in [2.05, 4.69) is 11.4 Å². The number of hydrogen-bond acceptors (Lipinski definition) is 2. The number of anilines is 1. The van der Waals surface area contributed by atoms with Crippen molar-refractivity contribution >= 4 is 34.2 Å². The van der Waals surface area contributed by atoms with Gasteiger partial charge in [0.1, 0.15) is 5.82 Å². The van der Waals surface area contributed by atoms with Gasteiger partial charge < -0.3 is 5.32 Å². The van der Waals surface area contributed by atoms with Gasteiger partial charge in [0.25, 0.3) is 5.91 Å². The van der Waals surface area contributed by atoms with Crippen LogP contribution in [0.15, 0.2) is 42.5 Å². The van der Waals surface area contributed by atoms with E-state index < -0.39 is 0 Å². The Balaban J connectivity index is 2.13. The molecule has 1 N–H and O–H groups in total. The van der Waals surface area contributed by atoms with Gasteiger partial charge in [-0.15, -0.1) is 0 Å². The van der Waals surface area contributed by atoms with Gasteiger partial charge >= 0.3 is 0 Å². The van der Waals surface area contributed by atoms with E-state index in [0.717, 1.165) is 5.56 Å². The smallest absolute Gasteiger partial charge is 0.256 e. The highest BCUT2D eigenvalue weighted by atomic mass is 127. The molecular formula is C15H10FIN2O. The predicted octanol–water partition coefficient (Wildman–Crippen LogP) is 3.75. The number of carbonyl (C=O) groups is 1. The van der Waals surface area contributed by atoms with Crippen molar-refractivity contribution in [3.8, 4) is 6.07 Å². The van der Waals surface area contributed by atoms with E-state index in [4.69, 9.17) is 5.26 Å². The van der Waals surface area contributed by atoms with Crippen molar-refractivity contribution in [3.05, 3.63) is 63.0 Å². The number of nitrogens with one attached hydrogen (secondary N) is 1. The summed E-state index contributed by atoms with van der Waals surface area (Å²) in [5.74, 6) is -0.658. The van der Waals surface area contributed by atoms with Crippen LogP contribution < -0.4 is 5.32 Å². The maximum absolute atomic E-state index is 13.0. The first-order valence-corrected chi connectivity index (χ1v) is 6.90. The lowest BCUT2D eigenvalue weighted by molar-refractivity contribution is 0.102. The summed E-state index contributed by atoms with van der Waals surface area (Å²) in [6, 6.07) is 13.1. The molecule has 0 aliphatic carbocycles. The Labute approximate surface area is 129 Å². The van der Waals surface area contributed by atoms with Crippen LogP contribution in [0.4, 0.5) is 10.1 Å². The lowest BCUT2D eigenvalue weighted by Crippen LogP contribution is -2.13. The number of halogens is 2.